The highest BCUT2D eigenvalue weighted by atomic mass is 32.2. The second-order valence-corrected chi connectivity index (χ2v) is 8.50. The quantitative estimate of drug-likeness (QED) is 0.792. The molecule has 0 saturated heterocycles. The number of carbonyl (C=O) groups excluding carboxylic acids is 1. The molecule has 7 heteroatoms. The predicted molar refractivity (Wildman–Crippen MR) is 94.9 cm³/mol. The number of rotatable bonds is 7. The summed E-state index contributed by atoms with van der Waals surface area (Å²) in [7, 11) is -3.55. The van der Waals surface area contributed by atoms with Crippen molar-refractivity contribution in [1.82, 2.24) is 10.0 Å². The Morgan fingerprint density at radius 3 is 2.75 bits per heavy atom. The molecule has 1 aliphatic carbocycles. The van der Waals surface area contributed by atoms with Crippen LogP contribution in [0.2, 0.25) is 0 Å². The second kappa shape index (κ2) is 7.04. The normalized spacial score (nSPS) is 14.5. The molecule has 0 spiro atoms. The maximum atomic E-state index is 12.4. The molecule has 0 atom stereocenters. The summed E-state index contributed by atoms with van der Waals surface area (Å²) in [6, 6.07) is 6.75. The number of nitrogens with one attached hydrogen (secondary N) is 2. The van der Waals surface area contributed by atoms with Crippen molar-refractivity contribution in [3.8, 4) is 0 Å². The minimum atomic E-state index is -3.55. The molecule has 0 unspecified atom stereocenters. The van der Waals surface area contributed by atoms with Crippen LogP contribution in [0.5, 0.6) is 0 Å². The Morgan fingerprint density at radius 1 is 1.29 bits per heavy atom. The van der Waals surface area contributed by atoms with E-state index in [9.17, 15) is 13.2 Å². The van der Waals surface area contributed by atoms with Gasteiger partial charge in [-0.25, -0.2) is 13.1 Å². The molecule has 128 valence electrons. The van der Waals surface area contributed by atoms with Gasteiger partial charge in [-0.3, -0.25) is 4.79 Å². The van der Waals surface area contributed by atoms with Gasteiger partial charge in [-0.05, 0) is 66.3 Å². The fourth-order valence-corrected chi connectivity index (χ4v) is 4.39. The molecule has 1 aromatic heterocycles. The van der Waals surface area contributed by atoms with Crippen molar-refractivity contribution in [2.24, 2.45) is 0 Å². The monoisotopic (exact) mass is 364 g/mol. The third-order valence-electron chi connectivity index (χ3n) is 3.94. The Bertz CT molecular complexity index is 826. The van der Waals surface area contributed by atoms with Gasteiger partial charge in [0.05, 0.1) is 4.90 Å². The Morgan fingerprint density at radius 2 is 2.08 bits per heavy atom. The van der Waals surface area contributed by atoms with Crippen LogP contribution in [-0.2, 0) is 16.4 Å². The SMILES string of the molecule is Cc1ccc(S(=O)(=O)NC2CC2)cc1C(=O)NCCc1ccsc1. The number of hydrogen-bond donors (Lipinski definition) is 2. The van der Waals surface area contributed by atoms with Crippen molar-refractivity contribution in [1.29, 1.82) is 0 Å². The number of carbonyl (C=O) groups is 1. The largest absolute Gasteiger partial charge is 0.352 e. The maximum absolute atomic E-state index is 12.4. The van der Waals surface area contributed by atoms with Crippen molar-refractivity contribution in [3.05, 3.63) is 51.7 Å². The molecule has 1 heterocycles. The van der Waals surface area contributed by atoms with Crippen LogP contribution in [-0.4, -0.2) is 26.9 Å². The molecule has 1 aromatic carbocycles. The first-order valence-electron chi connectivity index (χ1n) is 7.88. The number of hydrogen-bond acceptors (Lipinski definition) is 4. The molecule has 0 radical (unpaired) electrons. The number of aryl methyl sites for hydroxylation is 1. The number of amides is 1. The van der Waals surface area contributed by atoms with Gasteiger partial charge in [0.25, 0.3) is 5.91 Å². The van der Waals surface area contributed by atoms with Crippen molar-refractivity contribution in [2.75, 3.05) is 6.54 Å². The molecule has 0 bridgehead atoms. The minimum absolute atomic E-state index is 0.0409. The van der Waals surface area contributed by atoms with E-state index in [1.54, 1.807) is 30.4 Å². The lowest BCUT2D eigenvalue weighted by Crippen LogP contribution is -2.28. The van der Waals surface area contributed by atoms with Crippen LogP contribution in [0, 0.1) is 6.92 Å². The standard InChI is InChI=1S/C17H20N2O3S2/c1-12-2-5-15(24(21,22)19-14-3-4-14)10-16(12)17(20)18-8-6-13-7-9-23-11-13/h2,5,7,9-11,14,19H,3-4,6,8H2,1H3,(H,18,20). The first-order valence-corrected chi connectivity index (χ1v) is 10.3. The molecular formula is C17H20N2O3S2. The van der Waals surface area contributed by atoms with Gasteiger partial charge in [-0.15, -0.1) is 0 Å². The molecule has 5 nitrogen and oxygen atoms in total. The summed E-state index contributed by atoms with van der Waals surface area (Å²) in [6.45, 7) is 2.32. The lowest BCUT2D eigenvalue weighted by molar-refractivity contribution is 0.0953. The van der Waals surface area contributed by atoms with Gasteiger partial charge in [0.2, 0.25) is 10.0 Å². The van der Waals surface area contributed by atoms with Gasteiger partial charge in [0.1, 0.15) is 0 Å². The van der Waals surface area contributed by atoms with E-state index >= 15 is 0 Å². The van der Waals surface area contributed by atoms with Crippen molar-refractivity contribution in [3.63, 3.8) is 0 Å². The molecule has 3 rings (SSSR count). The molecule has 2 N–H and O–H groups in total. The van der Waals surface area contributed by atoms with Crippen molar-refractivity contribution >= 4 is 27.3 Å². The topological polar surface area (TPSA) is 75.3 Å². The highest BCUT2D eigenvalue weighted by molar-refractivity contribution is 7.89. The summed E-state index contributed by atoms with van der Waals surface area (Å²) >= 11 is 1.63. The molecular weight excluding hydrogens is 344 g/mol. The third-order valence-corrected chi connectivity index (χ3v) is 6.19. The Kier molecular flexibility index (Phi) is 5.03. The zero-order valence-electron chi connectivity index (χ0n) is 13.4. The van der Waals surface area contributed by atoms with Crippen LogP contribution in [0.15, 0.2) is 39.9 Å². The smallest absolute Gasteiger partial charge is 0.251 e. The highest BCUT2D eigenvalue weighted by Gasteiger charge is 2.28. The Labute approximate surface area is 146 Å². The van der Waals surface area contributed by atoms with Crippen LogP contribution in [0.3, 0.4) is 0 Å². The number of sulfonamides is 1. The van der Waals surface area contributed by atoms with Gasteiger partial charge < -0.3 is 5.32 Å². The summed E-state index contributed by atoms with van der Waals surface area (Å²) in [5.74, 6) is -0.244. The summed E-state index contributed by atoms with van der Waals surface area (Å²) in [6.07, 6.45) is 2.51. The number of benzene rings is 1. The number of thiophene rings is 1. The van der Waals surface area contributed by atoms with Gasteiger partial charge >= 0.3 is 0 Å². The molecule has 2 aromatic rings. The van der Waals surface area contributed by atoms with E-state index in [1.165, 1.54) is 11.6 Å². The average molecular weight is 364 g/mol. The first kappa shape index (κ1) is 17.1. The third kappa shape index (κ3) is 4.23. The lowest BCUT2D eigenvalue weighted by atomic mass is 10.1. The lowest BCUT2D eigenvalue weighted by Gasteiger charge is -2.11. The zero-order chi connectivity index (χ0) is 17.2. The van der Waals surface area contributed by atoms with Gasteiger partial charge in [-0.1, -0.05) is 6.07 Å². The summed E-state index contributed by atoms with van der Waals surface area (Å²) in [5.41, 5.74) is 2.34. The van der Waals surface area contributed by atoms with Crippen LogP contribution in [0.25, 0.3) is 0 Å². The zero-order valence-corrected chi connectivity index (χ0v) is 15.0. The second-order valence-electron chi connectivity index (χ2n) is 6.01. The molecule has 0 aliphatic heterocycles. The summed E-state index contributed by atoms with van der Waals surface area (Å²) < 4.78 is 27.2. The summed E-state index contributed by atoms with van der Waals surface area (Å²) in [4.78, 5) is 12.5. The maximum Gasteiger partial charge on any atom is 0.251 e. The van der Waals surface area contributed by atoms with E-state index in [-0.39, 0.29) is 16.8 Å². The van der Waals surface area contributed by atoms with E-state index in [1.807, 2.05) is 16.8 Å². The van der Waals surface area contributed by atoms with Crippen LogP contribution in [0.4, 0.5) is 0 Å². The van der Waals surface area contributed by atoms with E-state index in [2.05, 4.69) is 10.0 Å². The highest BCUT2D eigenvalue weighted by Crippen LogP contribution is 2.23. The fourth-order valence-electron chi connectivity index (χ4n) is 2.35. The predicted octanol–water partition coefficient (Wildman–Crippen LogP) is 2.47. The van der Waals surface area contributed by atoms with Gasteiger partial charge in [-0.2, -0.15) is 11.3 Å². The van der Waals surface area contributed by atoms with E-state index < -0.39 is 10.0 Å². The average Bonchev–Trinajstić information content (AvgIpc) is 3.18. The van der Waals surface area contributed by atoms with Crippen LogP contribution < -0.4 is 10.0 Å². The summed E-state index contributed by atoms with van der Waals surface area (Å²) in [5, 5.41) is 6.91. The Balaban J connectivity index is 1.69. The van der Waals surface area contributed by atoms with Crippen LogP contribution >= 0.6 is 11.3 Å². The van der Waals surface area contributed by atoms with E-state index in [0.29, 0.717) is 12.1 Å². The molecule has 24 heavy (non-hydrogen) atoms. The molecule has 1 amide bonds. The Hall–Kier alpha value is -1.70. The fraction of sp³-hybridized carbons (Fsp3) is 0.353. The van der Waals surface area contributed by atoms with E-state index in [4.69, 9.17) is 0 Å². The minimum Gasteiger partial charge on any atom is -0.352 e. The van der Waals surface area contributed by atoms with Gasteiger partial charge in [0.15, 0.2) is 0 Å². The first-order chi connectivity index (χ1) is 11.5. The molecule has 1 saturated carbocycles. The van der Waals surface area contributed by atoms with E-state index in [0.717, 1.165) is 24.8 Å². The van der Waals surface area contributed by atoms with Crippen LogP contribution in [0.1, 0.15) is 34.3 Å². The van der Waals surface area contributed by atoms with Crippen molar-refractivity contribution in [2.45, 2.75) is 37.1 Å². The molecule has 1 aliphatic rings. The van der Waals surface area contributed by atoms with Crippen molar-refractivity contribution < 1.29 is 13.2 Å². The van der Waals surface area contributed by atoms with Gasteiger partial charge in [0, 0.05) is 18.2 Å². The molecule has 1 fully saturated rings.